The molecule has 0 saturated carbocycles. The van der Waals surface area contributed by atoms with Crippen LogP contribution in [0.1, 0.15) is 51.6 Å². The van der Waals surface area contributed by atoms with Gasteiger partial charge in [0.25, 0.3) is 11.8 Å². The maximum atomic E-state index is 12.0. The lowest BCUT2D eigenvalue weighted by Gasteiger charge is -2.09. The van der Waals surface area contributed by atoms with E-state index in [-0.39, 0.29) is 11.8 Å². The summed E-state index contributed by atoms with van der Waals surface area (Å²) in [6.07, 6.45) is 0. The second kappa shape index (κ2) is 6.89. The molecule has 114 valence electrons. The molecule has 0 spiro atoms. The van der Waals surface area contributed by atoms with E-state index in [1.165, 1.54) is 5.56 Å². The Kier molecular flexibility index (Phi) is 4.94. The first-order chi connectivity index (χ1) is 10.5. The highest BCUT2D eigenvalue weighted by atomic mass is 16.2. The second-order valence-electron chi connectivity index (χ2n) is 5.55. The predicted molar refractivity (Wildman–Crippen MR) is 86.6 cm³/mol. The molecule has 0 radical (unpaired) electrons. The highest BCUT2D eigenvalue weighted by molar-refractivity contribution is 5.99. The largest absolute Gasteiger partial charge is 0.269 e. The highest BCUT2D eigenvalue weighted by Gasteiger charge is 2.09. The van der Waals surface area contributed by atoms with E-state index in [9.17, 15) is 9.59 Å². The number of benzene rings is 2. The molecule has 0 fully saturated rings. The van der Waals surface area contributed by atoms with Crippen molar-refractivity contribution >= 4 is 11.8 Å². The average Bonchev–Trinajstić information content (AvgIpc) is 2.52. The summed E-state index contributed by atoms with van der Waals surface area (Å²) in [5.41, 5.74) is 8.02. The number of hydrazine groups is 1. The number of amides is 2. The van der Waals surface area contributed by atoms with Crippen LogP contribution in [0.4, 0.5) is 0 Å². The zero-order chi connectivity index (χ0) is 16.1. The Bertz CT molecular complexity index is 676. The van der Waals surface area contributed by atoms with Gasteiger partial charge in [0.05, 0.1) is 0 Å². The van der Waals surface area contributed by atoms with Gasteiger partial charge in [0.1, 0.15) is 0 Å². The van der Waals surface area contributed by atoms with E-state index in [1.54, 1.807) is 30.3 Å². The summed E-state index contributed by atoms with van der Waals surface area (Å²) in [5, 5.41) is 0. The lowest BCUT2D eigenvalue weighted by Crippen LogP contribution is -2.41. The van der Waals surface area contributed by atoms with Gasteiger partial charge in [-0.2, -0.15) is 0 Å². The number of rotatable bonds is 3. The molecule has 2 aromatic carbocycles. The third kappa shape index (κ3) is 3.95. The van der Waals surface area contributed by atoms with Crippen molar-refractivity contribution in [2.24, 2.45) is 0 Å². The molecule has 0 heterocycles. The topological polar surface area (TPSA) is 58.2 Å². The van der Waals surface area contributed by atoms with Crippen LogP contribution in [0.2, 0.25) is 0 Å². The van der Waals surface area contributed by atoms with Crippen molar-refractivity contribution in [2.45, 2.75) is 26.7 Å². The maximum Gasteiger partial charge on any atom is 0.269 e. The lowest BCUT2D eigenvalue weighted by atomic mass is 10.0. The van der Waals surface area contributed by atoms with Gasteiger partial charge >= 0.3 is 0 Å². The van der Waals surface area contributed by atoms with Gasteiger partial charge in [-0.15, -0.1) is 0 Å². The molecule has 0 aliphatic carbocycles. The Balaban J connectivity index is 1.96. The van der Waals surface area contributed by atoms with Crippen LogP contribution < -0.4 is 10.9 Å². The van der Waals surface area contributed by atoms with Crippen LogP contribution in [-0.2, 0) is 0 Å². The molecule has 0 aliphatic rings. The van der Waals surface area contributed by atoms with Crippen LogP contribution in [-0.4, -0.2) is 11.8 Å². The van der Waals surface area contributed by atoms with Crippen molar-refractivity contribution in [3.05, 3.63) is 70.8 Å². The summed E-state index contributed by atoms with van der Waals surface area (Å²) in [5.74, 6) is -0.259. The number of hydrogen-bond donors (Lipinski definition) is 2. The zero-order valence-corrected chi connectivity index (χ0v) is 13.0. The van der Waals surface area contributed by atoms with Gasteiger partial charge in [-0.3, -0.25) is 20.4 Å². The summed E-state index contributed by atoms with van der Waals surface area (Å²) < 4.78 is 0. The molecule has 0 aromatic heterocycles. The molecular weight excluding hydrogens is 276 g/mol. The van der Waals surface area contributed by atoms with Crippen molar-refractivity contribution in [2.75, 3.05) is 0 Å². The number of hydrogen-bond acceptors (Lipinski definition) is 2. The number of nitrogens with one attached hydrogen (secondary N) is 2. The smallest absolute Gasteiger partial charge is 0.267 e. The van der Waals surface area contributed by atoms with Gasteiger partial charge in [0.2, 0.25) is 0 Å². The normalized spacial score (nSPS) is 10.4. The first-order valence-corrected chi connectivity index (χ1v) is 7.24. The fraction of sp³-hybridized carbons (Fsp3) is 0.222. The van der Waals surface area contributed by atoms with Crippen LogP contribution in [0.5, 0.6) is 0 Å². The van der Waals surface area contributed by atoms with Crippen molar-refractivity contribution in [1.29, 1.82) is 0 Å². The Morgan fingerprint density at radius 3 is 2.00 bits per heavy atom. The lowest BCUT2D eigenvalue weighted by molar-refractivity contribution is 0.0846. The zero-order valence-electron chi connectivity index (χ0n) is 13.0. The van der Waals surface area contributed by atoms with Gasteiger partial charge in [-0.1, -0.05) is 43.7 Å². The van der Waals surface area contributed by atoms with Crippen LogP contribution in [0.3, 0.4) is 0 Å². The van der Waals surface area contributed by atoms with E-state index < -0.39 is 0 Å². The van der Waals surface area contributed by atoms with Crippen molar-refractivity contribution < 1.29 is 9.59 Å². The molecule has 2 N–H and O–H groups in total. The maximum absolute atomic E-state index is 12.0. The van der Waals surface area contributed by atoms with Gasteiger partial charge in [0.15, 0.2) is 0 Å². The molecule has 0 atom stereocenters. The Morgan fingerprint density at radius 1 is 0.864 bits per heavy atom. The Hall–Kier alpha value is -2.62. The highest BCUT2D eigenvalue weighted by Crippen LogP contribution is 2.14. The van der Waals surface area contributed by atoms with Crippen LogP contribution in [0.15, 0.2) is 48.5 Å². The quantitative estimate of drug-likeness (QED) is 0.855. The third-order valence-corrected chi connectivity index (χ3v) is 3.41. The van der Waals surface area contributed by atoms with Crippen LogP contribution in [0.25, 0.3) is 0 Å². The molecule has 0 unspecified atom stereocenters. The average molecular weight is 296 g/mol. The van der Waals surface area contributed by atoms with Gasteiger partial charge in [0, 0.05) is 11.1 Å². The van der Waals surface area contributed by atoms with E-state index in [0.29, 0.717) is 17.0 Å². The number of carbonyl (C=O) groups is 2. The van der Waals surface area contributed by atoms with E-state index in [4.69, 9.17) is 0 Å². The van der Waals surface area contributed by atoms with Crippen LogP contribution in [0, 0.1) is 6.92 Å². The summed E-state index contributed by atoms with van der Waals surface area (Å²) in [7, 11) is 0. The van der Waals surface area contributed by atoms with Gasteiger partial charge in [-0.05, 0) is 42.7 Å². The molecule has 0 aliphatic heterocycles. The van der Waals surface area contributed by atoms with Crippen LogP contribution >= 0.6 is 0 Å². The Morgan fingerprint density at radius 2 is 1.45 bits per heavy atom. The summed E-state index contributed by atoms with van der Waals surface area (Å²) >= 11 is 0. The van der Waals surface area contributed by atoms with Gasteiger partial charge < -0.3 is 0 Å². The standard InChI is InChI=1S/C18H20N2O2/c1-12(2)14-7-9-15(10-8-14)17(21)19-20-18(22)16-6-4-5-13(3)11-16/h4-12H,1-3H3,(H,19,21)(H,20,22). The molecule has 22 heavy (non-hydrogen) atoms. The second-order valence-corrected chi connectivity index (χ2v) is 5.55. The predicted octanol–water partition coefficient (Wildman–Crippen LogP) is 3.19. The number of carbonyl (C=O) groups excluding carboxylic acids is 2. The van der Waals surface area contributed by atoms with E-state index in [2.05, 4.69) is 24.7 Å². The monoisotopic (exact) mass is 296 g/mol. The minimum atomic E-state index is -0.337. The molecule has 0 saturated heterocycles. The molecule has 2 amide bonds. The molecule has 2 aromatic rings. The fourth-order valence-electron chi connectivity index (χ4n) is 2.06. The van der Waals surface area contributed by atoms with E-state index in [0.717, 1.165) is 5.56 Å². The molecular formula is C18H20N2O2. The SMILES string of the molecule is Cc1cccc(C(=O)NNC(=O)c2ccc(C(C)C)cc2)c1. The van der Waals surface area contributed by atoms with Crippen molar-refractivity contribution in [1.82, 2.24) is 10.9 Å². The van der Waals surface area contributed by atoms with Crippen molar-refractivity contribution in [3.8, 4) is 0 Å². The number of aryl methyl sites for hydroxylation is 1. The van der Waals surface area contributed by atoms with Gasteiger partial charge in [-0.25, -0.2) is 0 Å². The summed E-state index contributed by atoms with van der Waals surface area (Å²) in [4.78, 5) is 24.0. The summed E-state index contributed by atoms with van der Waals surface area (Å²) in [6, 6.07) is 14.5. The fourth-order valence-corrected chi connectivity index (χ4v) is 2.06. The molecule has 4 heteroatoms. The third-order valence-electron chi connectivity index (χ3n) is 3.41. The molecule has 0 bridgehead atoms. The van der Waals surface area contributed by atoms with E-state index >= 15 is 0 Å². The molecule has 4 nitrogen and oxygen atoms in total. The van der Waals surface area contributed by atoms with Crippen molar-refractivity contribution in [3.63, 3.8) is 0 Å². The first-order valence-electron chi connectivity index (χ1n) is 7.24. The molecule has 2 rings (SSSR count). The minimum absolute atomic E-state index is 0.337. The minimum Gasteiger partial charge on any atom is -0.267 e. The summed E-state index contributed by atoms with van der Waals surface area (Å²) in [6.45, 7) is 6.10. The van der Waals surface area contributed by atoms with E-state index in [1.807, 2.05) is 25.1 Å². The Labute approximate surface area is 130 Å². The first kappa shape index (κ1) is 15.8.